The van der Waals surface area contributed by atoms with E-state index in [1.54, 1.807) is 24.3 Å². The van der Waals surface area contributed by atoms with Gasteiger partial charge in [-0.2, -0.15) is 4.31 Å². The molecule has 30 heavy (non-hydrogen) atoms. The van der Waals surface area contributed by atoms with Gasteiger partial charge in [-0.05, 0) is 49.2 Å². The number of nitrogens with one attached hydrogen (secondary N) is 2. The van der Waals surface area contributed by atoms with Gasteiger partial charge in [-0.1, -0.05) is 31.0 Å². The molecule has 7 nitrogen and oxygen atoms in total. The minimum atomic E-state index is -3.53. The van der Waals surface area contributed by atoms with Crippen LogP contribution in [0.3, 0.4) is 0 Å². The van der Waals surface area contributed by atoms with Crippen LogP contribution in [0.4, 0.5) is 0 Å². The van der Waals surface area contributed by atoms with Gasteiger partial charge < -0.3 is 10.6 Å². The first-order valence-corrected chi connectivity index (χ1v) is 11.6. The Morgan fingerprint density at radius 1 is 0.733 bits per heavy atom. The Labute approximate surface area is 177 Å². The molecule has 0 spiro atoms. The molecule has 160 valence electrons. The zero-order valence-electron chi connectivity index (χ0n) is 16.8. The Morgan fingerprint density at radius 2 is 1.23 bits per heavy atom. The van der Waals surface area contributed by atoms with Crippen LogP contribution in [-0.2, 0) is 10.0 Å². The summed E-state index contributed by atoms with van der Waals surface area (Å²) < 4.78 is 27.1. The molecular weight excluding hydrogens is 402 g/mol. The number of benzene rings is 2. The van der Waals surface area contributed by atoms with Gasteiger partial charge in [0, 0.05) is 37.3 Å². The van der Waals surface area contributed by atoms with Gasteiger partial charge in [0.15, 0.2) is 0 Å². The number of carbonyl (C=O) groups excluding carboxylic acids is 2. The summed E-state index contributed by atoms with van der Waals surface area (Å²) in [5.41, 5.74) is 0.934. The Morgan fingerprint density at radius 3 is 1.77 bits per heavy atom. The van der Waals surface area contributed by atoms with Crippen LogP contribution in [0, 0.1) is 0 Å². The molecule has 0 saturated carbocycles. The van der Waals surface area contributed by atoms with E-state index in [0.717, 1.165) is 25.7 Å². The largest absolute Gasteiger partial charge is 0.350 e. The quantitative estimate of drug-likeness (QED) is 0.661. The van der Waals surface area contributed by atoms with Crippen molar-refractivity contribution in [2.45, 2.75) is 30.6 Å². The van der Waals surface area contributed by atoms with Crippen molar-refractivity contribution in [3.8, 4) is 0 Å². The van der Waals surface area contributed by atoms with Crippen molar-refractivity contribution in [2.75, 3.05) is 26.2 Å². The van der Waals surface area contributed by atoms with E-state index in [4.69, 9.17) is 0 Å². The molecule has 1 heterocycles. The number of amides is 2. The number of hydrogen-bond donors (Lipinski definition) is 2. The maximum absolute atomic E-state index is 12.8. The average Bonchev–Trinajstić information content (AvgIpc) is 3.07. The molecular formula is C22H27N3O4S. The predicted molar refractivity (Wildman–Crippen MR) is 115 cm³/mol. The first kappa shape index (κ1) is 22.0. The van der Waals surface area contributed by atoms with Crippen molar-refractivity contribution >= 4 is 21.8 Å². The fourth-order valence-electron chi connectivity index (χ4n) is 3.36. The molecule has 1 fully saturated rings. The van der Waals surface area contributed by atoms with Crippen molar-refractivity contribution in [1.82, 2.24) is 14.9 Å². The number of hydrogen-bond acceptors (Lipinski definition) is 4. The van der Waals surface area contributed by atoms with E-state index >= 15 is 0 Å². The van der Waals surface area contributed by atoms with Crippen molar-refractivity contribution in [3.05, 3.63) is 65.7 Å². The van der Waals surface area contributed by atoms with Gasteiger partial charge in [-0.15, -0.1) is 0 Å². The fourth-order valence-corrected chi connectivity index (χ4v) is 4.87. The smallest absolute Gasteiger partial charge is 0.251 e. The Kier molecular flexibility index (Phi) is 7.59. The summed E-state index contributed by atoms with van der Waals surface area (Å²) in [6, 6.07) is 14.8. The molecule has 3 rings (SSSR count). The van der Waals surface area contributed by atoms with Crippen LogP contribution in [0.15, 0.2) is 59.5 Å². The summed E-state index contributed by atoms with van der Waals surface area (Å²) in [4.78, 5) is 24.4. The van der Waals surface area contributed by atoms with Crippen LogP contribution in [0.5, 0.6) is 0 Å². The summed E-state index contributed by atoms with van der Waals surface area (Å²) in [5.74, 6) is -0.518. The molecule has 0 unspecified atom stereocenters. The van der Waals surface area contributed by atoms with Crippen molar-refractivity contribution in [1.29, 1.82) is 0 Å². The van der Waals surface area contributed by atoms with Gasteiger partial charge in [0.25, 0.3) is 11.8 Å². The van der Waals surface area contributed by atoms with Crippen LogP contribution in [0.25, 0.3) is 0 Å². The van der Waals surface area contributed by atoms with Crippen LogP contribution in [-0.4, -0.2) is 50.7 Å². The van der Waals surface area contributed by atoms with Gasteiger partial charge in [0.1, 0.15) is 0 Å². The maximum atomic E-state index is 12.8. The van der Waals surface area contributed by atoms with E-state index < -0.39 is 10.0 Å². The third-order valence-corrected chi connectivity index (χ3v) is 6.96. The SMILES string of the molecule is O=C(NCCNC(=O)c1ccc(S(=O)(=O)N2CCCCCC2)cc1)c1ccccc1. The summed E-state index contributed by atoms with van der Waals surface area (Å²) in [6.07, 6.45) is 3.86. The molecule has 0 bridgehead atoms. The third-order valence-electron chi connectivity index (χ3n) is 5.05. The normalized spacial score (nSPS) is 15.2. The van der Waals surface area contributed by atoms with Crippen LogP contribution in [0.1, 0.15) is 46.4 Å². The second-order valence-corrected chi connectivity index (χ2v) is 9.16. The lowest BCUT2D eigenvalue weighted by molar-refractivity contribution is 0.0927. The standard InChI is InChI=1S/C22H27N3O4S/c26-21(18-8-4-3-5-9-18)23-14-15-24-22(27)19-10-12-20(13-11-19)30(28,29)25-16-6-1-2-7-17-25/h3-5,8-13H,1-2,6-7,14-17H2,(H,23,26)(H,24,27). The Hall–Kier alpha value is -2.71. The summed E-state index contributed by atoms with van der Waals surface area (Å²) in [7, 11) is -3.53. The summed E-state index contributed by atoms with van der Waals surface area (Å²) >= 11 is 0. The highest BCUT2D eigenvalue weighted by Crippen LogP contribution is 2.20. The summed E-state index contributed by atoms with van der Waals surface area (Å²) in [5, 5.41) is 5.46. The van der Waals surface area contributed by atoms with Gasteiger partial charge in [0.2, 0.25) is 10.0 Å². The number of rotatable bonds is 7. The van der Waals surface area contributed by atoms with E-state index in [1.165, 1.54) is 28.6 Å². The van der Waals surface area contributed by atoms with E-state index in [9.17, 15) is 18.0 Å². The van der Waals surface area contributed by atoms with Gasteiger partial charge in [0.05, 0.1) is 4.90 Å². The second-order valence-electron chi connectivity index (χ2n) is 7.22. The van der Waals surface area contributed by atoms with Gasteiger partial charge in [-0.3, -0.25) is 9.59 Å². The molecule has 0 aromatic heterocycles. The zero-order valence-corrected chi connectivity index (χ0v) is 17.7. The molecule has 1 aliphatic heterocycles. The predicted octanol–water partition coefficient (Wildman–Crippen LogP) is 2.41. The molecule has 2 aromatic rings. The Bertz CT molecular complexity index is 952. The molecule has 2 N–H and O–H groups in total. The fraction of sp³-hybridized carbons (Fsp3) is 0.364. The van der Waals surface area contributed by atoms with Gasteiger partial charge in [-0.25, -0.2) is 8.42 Å². The van der Waals surface area contributed by atoms with Crippen LogP contribution < -0.4 is 10.6 Å². The Balaban J connectivity index is 1.50. The molecule has 1 saturated heterocycles. The molecule has 0 atom stereocenters. The lowest BCUT2D eigenvalue weighted by Gasteiger charge is -2.20. The number of nitrogens with zero attached hydrogens (tertiary/aromatic N) is 1. The average molecular weight is 430 g/mol. The highest BCUT2D eigenvalue weighted by Gasteiger charge is 2.25. The van der Waals surface area contributed by atoms with E-state index in [0.29, 0.717) is 30.8 Å². The summed E-state index contributed by atoms with van der Waals surface area (Å²) in [6.45, 7) is 1.64. The molecule has 0 aliphatic carbocycles. The molecule has 0 radical (unpaired) electrons. The molecule has 2 aromatic carbocycles. The monoisotopic (exact) mass is 429 g/mol. The minimum Gasteiger partial charge on any atom is -0.350 e. The van der Waals surface area contributed by atoms with Crippen molar-refractivity contribution in [2.24, 2.45) is 0 Å². The van der Waals surface area contributed by atoms with E-state index in [1.807, 2.05) is 6.07 Å². The minimum absolute atomic E-state index is 0.201. The maximum Gasteiger partial charge on any atom is 0.251 e. The second kappa shape index (κ2) is 10.4. The first-order valence-electron chi connectivity index (χ1n) is 10.2. The third kappa shape index (κ3) is 5.67. The van der Waals surface area contributed by atoms with Crippen LogP contribution in [0.2, 0.25) is 0 Å². The molecule has 2 amide bonds. The zero-order chi connectivity index (χ0) is 21.4. The van der Waals surface area contributed by atoms with E-state index in [-0.39, 0.29) is 23.3 Å². The lowest BCUT2D eigenvalue weighted by Crippen LogP contribution is -2.34. The van der Waals surface area contributed by atoms with Crippen molar-refractivity contribution in [3.63, 3.8) is 0 Å². The lowest BCUT2D eigenvalue weighted by atomic mass is 10.2. The molecule has 8 heteroatoms. The van der Waals surface area contributed by atoms with Gasteiger partial charge >= 0.3 is 0 Å². The molecule has 1 aliphatic rings. The first-order chi connectivity index (χ1) is 14.5. The van der Waals surface area contributed by atoms with E-state index in [2.05, 4.69) is 10.6 Å². The number of carbonyl (C=O) groups is 2. The number of sulfonamides is 1. The highest BCUT2D eigenvalue weighted by molar-refractivity contribution is 7.89. The highest BCUT2D eigenvalue weighted by atomic mass is 32.2. The van der Waals surface area contributed by atoms with Crippen molar-refractivity contribution < 1.29 is 18.0 Å². The van der Waals surface area contributed by atoms with Crippen LogP contribution >= 0.6 is 0 Å². The topological polar surface area (TPSA) is 95.6 Å².